The fourth-order valence-corrected chi connectivity index (χ4v) is 2.02. The van der Waals surface area contributed by atoms with Gasteiger partial charge in [0.15, 0.2) is 0 Å². The average Bonchev–Trinajstić information content (AvgIpc) is 2.55. The minimum Gasteiger partial charge on any atom is -0.427 e. The van der Waals surface area contributed by atoms with Gasteiger partial charge in [-0.3, -0.25) is 14.4 Å². The van der Waals surface area contributed by atoms with Gasteiger partial charge < -0.3 is 15.4 Å². The second-order valence-electron chi connectivity index (χ2n) is 5.04. The van der Waals surface area contributed by atoms with Gasteiger partial charge in [-0.1, -0.05) is 12.1 Å². The minimum absolute atomic E-state index is 0.250. The molecule has 0 spiro atoms. The molecule has 0 bridgehead atoms. The summed E-state index contributed by atoms with van der Waals surface area (Å²) < 4.78 is 4.95. The number of ether oxygens (including phenoxy) is 1. The number of hydrogen-bond acceptors (Lipinski definition) is 5. The van der Waals surface area contributed by atoms with Crippen LogP contribution >= 0.6 is 0 Å². The lowest BCUT2D eigenvalue weighted by atomic mass is 10.2. The van der Waals surface area contributed by atoms with Gasteiger partial charge in [-0.25, -0.2) is 0 Å². The summed E-state index contributed by atoms with van der Waals surface area (Å²) in [5.41, 5.74) is 1.25. The maximum Gasteiger partial charge on any atom is 0.308 e. The molecule has 2 aromatic rings. The van der Waals surface area contributed by atoms with Crippen molar-refractivity contribution < 1.29 is 19.1 Å². The normalized spacial score (nSPS) is 9.60. The van der Waals surface area contributed by atoms with Gasteiger partial charge in [0, 0.05) is 23.9 Å². The second-order valence-corrected chi connectivity index (χ2v) is 5.04. The summed E-state index contributed by atoms with van der Waals surface area (Å²) in [5.74, 6) is -1.02. The number of hydrogen-bond donors (Lipinski definition) is 2. The van der Waals surface area contributed by atoms with Crippen LogP contribution in [0.25, 0.3) is 0 Å². The molecule has 0 radical (unpaired) electrons. The Labute approximate surface area is 144 Å². The fourth-order valence-electron chi connectivity index (χ4n) is 2.02. The molecule has 2 aromatic carbocycles. The summed E-state index contributed by atoms with van der Waals surface area (Å²) in [6, 6.07) is 14.5. The van der Waals surface area contributed by atoms with E-state index in [1.807, 2.05) is 0 Å². The Balaban J connectivity index is 2.09. The van der Waals surface area contributed by atoms with Gasteiger partial charge >= 0.3 is 5.97 Å². The van der Waals surface area contributed by atoms with E-state index in [2.05, 4.69) is 10.6 Å². The lowest BCUT2D eigenvalue weighted by Crippen LogP contribution is -2.13. The number of rotatable bonds is 5. The summed E-state index contributed by atoms with van der Waals surface area (Å²) in [6.07, 6.45) is -0.250. The highest BCUT2D eigenvalue weighted by Gasteiger charge is 2.09. The zero-order valence-electron chi connectivity index (χ0n) is 13.4. The largest absolute Gasteiger partial charge is 0.427 e. The number of carbonyl (C=O) groups excluding carboxylic acids is 3. The Bertz CT molecular complexity index is 855. The van der Waals surface area contributed by atoms with Gasteiger partial charge in [0.1, 0.15) is 12.2 Å². The van der Waals surface area contributed by atoms with Crippen LogP contribution in [0.1, 0.15) is 23.7 Å². The molecule has 2 rings (SSSR count). The summed E-state index contributed by atoms with van der Waals surface area (Å²) in [4.78, 5) is 34.7. The van der Waals surface area contributed by atoms with E-state index in [0.29, 0.717) is 16.9 Å². The summed E-state index contributed by atoms with van der Waals surface area (Å²) >= 11 is 0. The lowest BCUT2D eigenvalue weighted by molar-refractivity contribution is -0.131. The monoisotopic (exact) mass is 337 g/mol. The number of nitrogens with zero attached hydrogens (tertiary/aromatic N) is 1. The van der Waals surface area contributed by atoms with Gasteiger partial charge in [0.25, 0.3) is 5.91 Å². The molecule has 126 valence electrons. The van der Waals surface area contributed by atoms with Gasteiger partial charge in [0.2, 0.25) is 5.91 Å². The Morgan fingerprint density at radius 2 is 1.72 bits per heavy atom. The highest BCUT2D eigenvalue weighted by Crippen LogP contribution is 2.18. The third-order valence-electron chi connectivity index (χ3n) is 3.00. The maximum atomic E-state index is 12.3. The lowest BCUT2D eigenvalue weighted by Gasteiger charge is -2.09. The van der Waals surface area contributed by atoms with Crippen molar-refractivity contribution in [2.45, 2.75) is 13.3 Å². The molecule has 25 heavy (non-hydrogen) atoms. The molecule has 0 unspecified atom stereocenters. The predicted octanol–water partition coefficient (Wildman–Crippen LogP) is 2.72. The molecule has 0 atom stereocenters. The van der Waals surface area contributed by atoms with E-state index >= 15 is 0 Å². The summed E-state index contributed by atoms with van der Waals surface area (Å²) in [6.45, 7) is 1.28. The maximum absolute atomic E-state index is 12.3. The van der Waals surface area contributed by atoms with E-state index in [9.17, 15) is 14.4 Å². The zero-order valence-corrected chi connectivity index (χ0v) is 13.4. The topological polar surface area (TPSA) is 108 Å². The van der Waals surface area contributed by atoms with Crippen LogP contribution in [0.15, 0.2) is 48.5 Å². The van der Waals surface area contributed by atoms with Gasteiger partial charge in [0.05, 0.1) is 6.07 Å². The van der Waals surface area contributed by atoms with Crippen LogP contribution < -0.4 is 15.4 Å². The first-order valence-corrected chi connectivity index (χ1v) is 7.34. The summed E-state index contributed by atoms with van der Waals surface area (Å²) in [5, 5.41) is 13.7. The molecule has 0 aromatic heterocycles. The first-order chi connectivity index (χ1) is 12.0. The number of nitrogens with one attached hydrogen (secondary N) is 2. The zero-order chi connectivity index (χ0) is 18.2. The van der Waals surface area contributed by atoms with E-state index in [0.717, 1.165) is 0 Å². The average molecular weight is 337 g/mol. The molecule has 0 saturated heterocycles. The summed E-state index contributed by atoms with van der Waals surface area (Å²) in [7, 11) is 0. The Morgan fingerprint density at radius 1 is 1.04 bits per heavy atom. The van der Waals surface area contributed by atoms with Crippen molar-refractivity contribution in [3.05, 3.63) is 54.1 Å². The van der Waals surface area contributed by atoms with Crippen molar-refractivity contribution in [3.63, 3.8) is 0 Å². The number of carbonyl (C=O) groups is 3. The van der Waals surface area contributed by atoms with E-state index in [4.69, 9.17) is 10.00 Å². The van der Waals surface area contributed by atoms with Crippen LogP contribution in [0.5, 0.6) is 5.75 Å². The van der Waals surface area contributed by atoms with Crippen LogP contribution in [0, 0.1) is 11.3 Å². The van der Waals surface area contributed by atoms with Crippen molar-refractivity contribution >= 4 is 29.2 Å². The Kier molecular flexibility index (Phi) is 5.85. The smallest absolute Gasteiger partial charge is 0.308 e. The predicted molar refractivity (Wildman–Crippen MR) is 91.0 cm³/mol. The van der Waals surface area contributed by atoms with Crippen molar-refractivity contribution in [2.24, 2.45) is 0 Å². The first kappa shape index (κ1) is 17.7. The van der Waals surface area contributed by atoms with Crippen molar-refractivity contribution in [1.29, 1.82) is 5.26 Å². The van der Waals surface area contributed by atoms with Crippen molar-refractivity contribution in [2.75, 3.05) is 10.6 Å². The number of esters is 1. The van der Waals surface area contributed by atoms with Crippen LogP contribution in [-0.4, -0.2) is 17.8 Å². The molecular formula is C18H15N3O4. The Morgan fingerprint density at radius 3 is 2.40 bits per heavy atom. The molecule has 2 N–H and O–H groups in total. The molecule has 7 heteroatoms. The van der Waals surface area contributed by atoms with Gasteiger partial charge in [-0.2, -0.15) is 5.26 Å². The quantitative estimate of drug-likeness (QED) is 0.644. The number of amides is 2. The number of nitriles is 1. The third kappa shape index (κ3) is 5.48. The highest BCUT2D eigenvalue weighted by atomic mass is 16.5. The molecule has 0 heterocycles. The first-order valence-electron chi connectivity index (χ1n) is 7.34. The molecular weight excluding hydrogens is 322 g/mol. The molecule has 2 amide bonds. The van der Waals surface area contributed by atoms with Gasteiger partial charge in [-0.15, -0.1) is 0 Å². The molecule has 0 aliphatic heterocycles. The number of benzene rings is 2. The standard InChI is InChI=1S/C18H15N3O4/c1-12(22)25-16-7-2-4-13(10-16)18(24)21-15-6-3-5-14(11-15)20-17(23)8-9-19/h2-7,10-11H,8H2,1H3,(H,20,23)(H,21,24). The second kappa shape index (κ2) is 8.26. The van der Waals surface area contributed by atoms with Crippen LogP contribution in [0.2, 0.25) is 0 Å². The van der Waals surface area contributed by atoms with E-state index in [1.54, 1.807) is 48.5 Å². The molecule has 7 nitrogen and oxygen atoms in total. The van der Waals surface area contributed by atoms with E-state index < -0.39 is 17.8 Å². The van der Waals surface area contributed by atoms with Crippen LogP contribution in [-0.2, 0) is 9.59 Å². The third-order valence-corrected chi connectivity index (χ3v) is 3.00. The van der Waals surface area contributed by atoms with Crippen molar-refractivity contribution in [3.8, 4) is 11.8 Å². The fraction of sp³-hybridized carbons (Fsp3) is 0.111. The van der Waals surface area contributed by atoms with E-state index in [-0.39, 0.29) is 12.2 Å². The molecule has 0 aliphatic rings. The SMILES string of the molecule is CC(=O)Oc1cccc(C(=O)Nc2cccc(NC(=O)CC#N)c2)c1. The van der Waals surface area contributed by atoms with E-state index in [1.165, 1.54) is 13.0 Å². The highest BCUT2D eigenvalue weighted by molar-refractivity contribution is 6.05. The minimum atomic E-state index is -0.474. The molecule has 0 aliphatic carbocycles. The van der Waals surface area contributed by atoms with Crippen molar-refractivity contribution in [1.82, 2.24) is 0 Å². The number of anilines is 2. The molecule has 0 fully saturated rings. The Hall–Kier alpha value is -3.66. The van der Waals surface area contributed by atoms with Gasteiger partial charge in [-0.05, 0) is 36.4 Å². The van der Waals surface area contributed by atoms with Crippen LogP contribution in [0.3, 0.4) is 0 Å². The molecule has 0 saturated carbocycles. The van der Waals surface area contributed by atoms with Crippen LogP contribution in [0.4, 0.5) is 11.4 Å².